The molecule has 0 aromatic carbocycles. The first-order valence-electron chi connectivity index (χ1n) is 5.65. The van der Waals surface area contributed by atoms with Gasteiger partial charge in [-0.15, -0.1) is 0 Å². The quantitative estimate of drug-likeness (QED) is 0.659. The van der Waals surface area contributed by atoms with E-state index in [-0.39, 0.29) is 0 Å². The minimum atomic E-state index is 0.560. The van der Waals surface area contributed by atoms with Crippen LogP contribution in [0.4, 0.5) is 0 Å². The van der Waals surface area contributed by atoms with Crippen molar-refractivity contribution in [2.24, 2.45) is 5.92 Å². The minimum absolute atomic E-state index is 0.560. The summed E-state index contributed by atoms with van der Waals surface area (Å²) in [6.07, 6.45) is 3.43. The standard InChI is InChI=1S/C11H23NO2/c1-10(12-2)3-6-14-9-11-4-7-13-8-5-11/h10-12H,3-9H2,1-2H3. The van der Waals surface area contributed by atoms with Crippen molar-refractivity contribution >= 4 is 0 Å². The second-order valence-corrected chi connectivity index (χ2v) is 4.11. The van der Waals surface area contributed by atoms with Crippen LogP contribution in [0.1, 0.15) is 26.2 Å². The molecule has 0 aromatic heterocycles. The first-order valence-corrected chi connectivity index (χ1v) is 5.65. The lowest BCUT2D eigenvalue weighted by molar-refractivity contribution is 0.0190. The summed E-state index contributed by atoms with van der Waals surface area (Å²) in [6.45, 7) is 5.80. The molecule has 1 N–H and O–H groups in total. The second-order valence-electron chi connectivity index (χ2n) is 4.11. The fourth-order valence-corrected chi connectivity index (χ4v) is 1.57. The van der Waals surface area contributed by atoms with Crippen LogP contribution in [0.15, 0.2) is 0 Å². The van der Waals surface area contributed by atoms with E-state index in [0.717, 1.165) is 38.8 Å². The van der Waals surface area contributed by atoms with Crippen LogP contribution in [0.2, 0.25) is 0 Å². The summed E-state index contributed by atoms with van der Waals surface area (Å²) >= 11 is 0. The summed E-state index contributed by atoms with van der Waals surface area (Å²) in [7, 11) is 1.99. The van der Waals surface area contributed by atoms with Gasteiger partial charge in [0.05, 0.1) is 0 Å². The fraction of sp³-hybridized carbons (Fsp3) is 1.00. The van der Waals surface area contributed by atoms with Crippen LogP contribution < -0.4 is 5.32 Å². The van der Waals surface area contributed by atoms with Crippen LogP contribution in [-0.2, 0) is 9.47 Å². The normalized spacial score (nSPS) is 21.0. The summed E-state index contributed by atoms with van der Waals surface area (Å²) in [4.78, 5) is 0. The van der Waals surface area contributed by atoms with Crippen molar-refractivity contribution in [1.82, 2.24) is 5.32 Å². The largest absolute Gasteiger partial charge is 0.381 e. The van der Waals surface area contributed by atoms with Gasteiger partial charge in [0.15, 0.2) is 0 Å². The summed E-state index contributed by atoms with van der Waals surface area (Å²) in [5, 5.41) is 3.20. The molecule has 0 radical (unpaired) electrons. The molecule has 1 aliphatic rings. The second kappa shape index (κ2) is 7.21. The monoisotopic (exact) mass is 201 g/mol. The predicted octanol–water partition coefficient (Wildman–Crippen LogP) is 1.43. The van der Waals surface area contributed by atoms with Crippen LogP contribution in [0.25, 0.3) is 0 Å². The zero-order valence-corrected chi connectivity index (χ0v) is 9.42. The molecule has 0 bridgehead atoms. The average Bonchev–Trinajstić information content (AvgIpc) is 2.25. The number of hydrogen-bond acceptors (Lipinski definition) is 3. The first-order chi connectivity index (χ1) is 6.83. The van der Waals surface area contributed by atoms with Gasteiger partial charge in [0.2, 0.25) is 0 Å². The molecule has 0 saturated carbocycles. The molecule has 1 aliphatic heterocycles. The molecule has 1 saturated heterocycles. The average molecular weight is 201 g/mol. The molecule has 0 amide bonds. The Bertz CT molecular complexity index is 135. The smallest absolute Gasteiger partial charge is 0.0495 e. The highest BCUT2D eigenvalue weighted by Gasteiger charge is 2.13. The maximum atomic E-state index is 5.65. The molecule has 1 heterocycles. The van der Waals surface area contributed by atoms with Gasteiger partial charge in [-0.3, -0.25) is 0 Å². The summed E-state index contributed by atoms with van der Waals surface area (Å²) in [6, 6.07) is 0.560. The molecule has 84 valence electrons. The van der Waals surface area contributed by atoms with Crippen LogP contribution in [0.3, 0.4) is 0 Å². The van der Waals surface area contributed by atoms with Crippen molar-refractivity contribution in [3.63, 3.8) is 0 Å². The Hall–Kier alpha value is -0.120. The third-order valence-corrected chi connectivity index (χ3v) is 2.88. The number of rotatable bonds is 6. The van der Waals surface area contributed by atoms with E-state index in [1.54, 1.807) is 0 Å². The van der Waals surface area contributed by atoms with Crippen molar-refractivity contribution in [3.05, 3.63) is 0 Å². The molecule has 3 heteroatoms. The Morgan fingerprint density at radius 2 is 2.14 bits per heavy atom. The van der Waals surface area contributed by atoms with Gasteiger partial charge >= 0.3 is 0 Å². The highest BCUT2D eigenvalue weighted by Crippen LogP contribution is 2.14. The van der Waals surface area contributed by atoms with E-state index in [2.05, 4.69) is 12.2 Å². The Balaban J connectivity index is 1.92. The van der Waals surface area contributed by atoms with Gasteiger partial charge in [0.1, 0.15) is 0 Å². The van der Waals surface area contributed by atoms with Crippen molar-refractivity contribution in [2.75, 3.05) is 33.5 Å². The molecule has 0 aromatic rings. The van der Waals surface area contributed by atoms with E-state index >= 15 is 0 Å². The highest BCUT2D eigenvalue weighted by atomic mass is 16.5. The van der Waals surface area contributed by atoms with Crippen LogP contribution in [0, 0.1) is 5.92 Å². The van der Waals surface area contributed by atoms with Crippen molar-refractivity contribution in [1.29, 1.82) is 0 Å². The lowest BCUT2D eigenvalue weighted by Gasteiger charge is -2.22. The van der Waals surface area contributed by atoms with Crippen LogP contribution >= 0.6 is 0 Å². The van der Waals surface area contributed by atoms with Crippen LogP contribution in [-0.4, -0.2) is 39.5 Å². The van der Waals surface area contributed by atoms with Crippen molar-refractivity contribution in [3.8, 4) is 0 Å². The molecule has 0 spiro atoms. The summed E-state index contributed by atoms with van der Waals surface area (Å²) < 4.78 is 10.9. The van der Waals surface area contributed by atoms with Crippen LogP contribution in [0.5, 0.6) is 0 Å². The van der Waals surface area contributed by atoms with E-state index < -0.39 is 0 Å². The zero-order chi connectivity index (χ0) is 10.2. The third-order valence-electron chi connectivity index (χ3n) is 2.88. The molecule has 3 nitrogen and oxygen atoms in total. The topological polar surface area (TPSA) is 30.5 Å². The van der Waals surface area contributed by atoms with Crippen molar-refractivity contribution < 1.29 is 9.47 Å². The lowest BCUT2D eigenvalue weighted by Crippen LogP contribution is -2.24. The fourth-order valence-electron chi connectivity index (χ4n) is 1.57. The number of ether oxygens (including phenoxy) is 2. The van der Waals surface area contributed by atoms with E-state index in [1.165, 1.54) is 12.8 Å². The van der Waals surface area contributed by atoms with Gasteiger partial charge in [0, 0.05) is 32.5 Å². The maximum absolute atomic E-state index is 5.65. The van der Waals surface area contributed by atoms with Gasteiger partial charge in [0.25, 0.3) is 0 Å². The van der Waals surface area contributed by atoms with Gasteiger partial charge in [-0.2, -0.15) is 0 Å². The molecule has 1 atom stereocenters. The molecular weight excluding hydrogens is 178 g/mol. The molecule has 1 rings (SSSR count). The van der Waals surface area contributed by atoms with Gasteiger partial charge in [-0.1, -0.05) is 0 Å². The molecule has 1 fully saturated rings. The molecule has 14 heavy (non-hydrogen) atoms. The Morgan fingerprint density at radius 1 is 1.43 bits per heavy atom. The van der Waals surface area contributed by atoms with Crippen molar-refractivity contribution in [2.45, 2.75) is 32.2 Å². The third kappa shape index (κ3) is 4.94. The Labute approximate surface area is 87.2 Å². The summed E-state index contributed by atoms with van der Waals surface area (Å²) in [5.74, 6) is 0.730. The van der Waals surface area contributed by atoms with Gasteiger partial charge < -0.3 is 14.8 Å². The minimum Gasteiger partial charge on any atom is -0.381 e. The first kappa shape index (κ1) is 12.0. The molecule has 1 unspecified atom stereocenters. The Morgan fingerprint density at radius 3 is 2.79 bits per heavy atom. The van der Waals surface area contributed by atoms with E-state index in [1.807, 2.05) is 7.05 Å². The Kier molecular flexibility index (Phi) is 6.15. The zero-order valence-electron chi connectivity index (χ0n) is 9.42. The van der Waals surface area contributed by atoms with E-state index in [0.29, 0.717) is 6.04 Å². The van der Waals surface area contributed by atoms with E-state index in [4.69, 9.17) is 9.47 Å². The highest BCUT2D eigenvalue weighted by molar-refractivity contribution is 4.62. The molecule has 0 aliphatic carbocycles. The number of hydrogen-bond donors (Lipinski definition) is 1. The number of nitrogens with one attached hydrogen (secondary N) is 1. The summed E-state index contributed by atoms with van der Waals surface area (Å²) in [5.41, 5.74) is 0. The predicted molar refractivity (Wildman–Crippen MR) is 57.5 cm³/mol. The van der Waals surface area contributed by atoms with Gasteiger partial charge in [-0.25, -0.2) is 0 Å². The maximum Gasteiger partial charge on any atom is 0.0495 e. The van der Waals surface area contributed by atoms with E-state index in [9.17, 15) is 0 Å². The molecular formula is C11H23NO2. The SMILES string of the molecule is CNC(C)CCOCC1CCOCC1. The van der Waals surface area contributed by atoms with Gasteiger partial charge in [-0.05, 0) is 39.2 Å². The lowest BCUT2D eigenvalue weighted by atomic mass is 10.0.